The third-order valence-corrected chi connectivity index (χ3v) is 5.55. The number of sulfonamides is 1. The lowest BCUT2D eigenvalue weighted by molar-refractivity contribution is 0.423. The average molecular weight is 322 g/mol. The first-order chi connectivity index (χ1) is 8.79. The van der Waals surface area contributed by atoms with Crippen LogP contribution in [0.5, 0.6) is 0 Å². The number of nitrogens with one attached hydrogen (secondary N) is 1. The van der Waals surface area contributed by atoms with Crippen molar-refractivity contribution in [1.29, 1.82) is 0 Å². The fourth-order valence-electron chi connectivity index (χ4n) is 1.39. The van der Waals surface area contributed by atoms with Crippen LogP contribution in [0.15, 0.2) is 14.8 Å². The minimum absolute atomic E-state index is 0.0694. The van der Waals surface area contributed by atoms with Crippen LogP contribution in [-0.4, -0.2) is 18.6 Å². The third kappa shape index (κ3) is 3.07. The molecule has 19 heavy (non-hydrogen) atoms. The van der Waals surface area contributed by atoms with Crippen molar-refractivity contribution < 1.29 is 12.9 Å². The molecule has 0 aliphatic heterocycles. The highest BCUT2D eigenvalue weighted by Crippen LogP contribution is 2.29. The van der Waals surface area contributed by atoms with Crippen molar-refractivity contribution in [2.45, 2.75) is 30.9 Å². The van der Waals surface area contributed by atoms with Crippen LogP contribution in [0.2, 0.25) is 4.47 Å². The Bertz CT molecular complexity index is 691. The van der Waals surface area contributed by atoms with Crippen molar-refractivity contribution in [3.63, 3.8) is 0 Å². The Kier molecular flexibility index (Phi) is 3.84. The van der Waals surface area contributed by atoms with Gasteiger partial charge in [-0.1, -0.05) is 41.9 Å². The summed E-state index contributed by atoms with van der Waals surface area (Å²) in [6.07, 6.45) is 0. The van der Waals surface area contributed by atoms with Gasteiger partial charge in [0.2, 0.25) is 5.88 Å². The van der Waals surface area contributed by atoms with Crippen molar-refractivity contribution >= 4 is 38.8 Å². The molecule has 0 spiro atoms. The standard InChI is InChI=1S/C10H12ClN3O3S2/c1-5(2)7-4-8(17-13-7)14-19(15,16)9-6(3)12-10(11)18-9/h4-5,14H,1-3H3. The molecule has 2 aromatic heterocycles. The lowest BCUT2D eigenvalue weighted by Crippen LogP contribution is -2.12. The summed E-state index contributed by atoms with van der Waals surface area (Å²) in [5.41, 5.74) is 1.03. The molecule has 0 fully saturated rings. The number of aryl methyl sites for hydroxylation is 1. The number of halogens is 1. The van der Waals surface area contributed by atoms with E-state index in [1.165, 1.54) is 0 Å². The molecule has 9 heteroatoms. The van der Waals surface area contributed by atoms with Crippen LogP contribution in [0.4, 0.5) is 5.88 Å². The molecule has 0 aliphatic rings. The zero-order valence-corrected chi connectivity index (χ0v) is 12.9. The van der Waals surface area contributed by atoms with E-state index in [0.717, 1.165) is 11.3 Å². The van der Waals surface area contributed by atoms with Gasteiger partial charge in [-0.2, -0.15) is 0 Å². The quantitative estimate of drug-likeness (QED) is 0.935. The van der Waals surface area contributed by atoms with Crippen LogP contribution in [0.3, 0.4) is 0 Å². The molecule has 0 unspecified atom stereocenters. The predicted molar refractivity (Wildman–Crippen MR) is 73.3 cm³/mol. The van der Waals surface area contributed by atoms with E-state index in [9.17, 15) is 8.42 Å². The molecular weight excluding hydrogens is 310 g/mol. The van der Waals surface area contributed by atoms with Gasteiger partial charge in [-0.15, -0.1) is 0 Å². The highest BCUT2D eigenvalue weighted by atomic mass is 35.5. The SMILES string of the molecule is Cc1nc(Cl)sc1S(=O)(=O)Nc1cc(C(C)C)no1. The predicted octanol–water partition coefficient (Wildman–Crippen LogP) is 3.02. The van der Waals surface area contributed by atoms with E-state index in [1.54, 1.807) is 13.0 Å². The van der Waals surface area contributed by atoms with Crippen molar-refractivity contribution in [2.75, 3.05) is 4.72 Å². The number of nitrogens with zero attached hydrogens (tertiary/aromatic N) is 2. The van der Waals surface area contributed by atoms with Gasteiger partial charge in [0.15, 0.2) is 8.68 Å². The number of hydrogen-bond donors (Lipinski definition) is 1. The summed E-state index contributed by atoms with van der Waals surface area (Å²) in [6.45, 7) is 5.45. The topological polar surface area (TPSA) is 85.1 Å². The highest BCUT2D eigenvalue weighted by molar-refractivity contribution is 7.94. The molecule has 0 saturated carbocycles. The van der Waals surface area contributed by atoms with Gasteiger partial charge >= 0.3 is 0 Å². The molecule has 6 nitrogen and oxygen atoms in total. The molecule has 0 amide bonds. The van der Waals surface area contributed by atoms with Crippen LogP contribution >= 0.6 is 22.9 Å². The molecule has 104 valence electrons. The first-order valence-corrected chi connectivity index (χ1v) is 8.09. The van der Waals surface area contributed by atoms with Crippen LogP contribution in [0, 0.1) is 6.92 Å². The number of rotatable bonds is 4. The molecule has 2 heterocycles. The van der Waals surface area contributed by atoms with Crippen LogP contribution in [0.25, 0.3) is 0 Å². The lowest BCUT2D eigenvalue weighted by atomic mass is 10.1. The molecule has 0 radical (unpaired) electrons. The summed E-state index contributed by atoms with van der Waals surface area (Å²) in [5.74, 6) is 0.231. The van der Waals surface area contributed by atoms with Crippen molar-refractivity contribution in [3.05, 3.63) is 21.9 Å². The monoisotopic (exact) mass is 321 g/mol. The largest absolute Gasteiger partial charge is 0.338 e. The van der Waals surface area contributed by atoms with Gasteiger partial charge < -0.3 is 4.52 Å². The maximum Gasteiger partial charge on any atom is 0.275 e. The maximum absolute atomic E-state index is 12.1. The Morgan fingerprint density at radius 2 is 2.16 bits per heavy atom. The normalized spacial score (nSPS) is 12.1. The number of anilines is 1. The van der Waals surface area contributed by atoms with Crippen LogP contribution < -0.4 is 4.72 Å². The minimum Gasteiger partial charge on any atom is -0.338 e. The molecule has 0 atom stereocenters. The summed E-state index contributed by atoms with van der Waals surface area (Å²) in [4.78, 5) is 3.87. The van der Waals surface area contributed by atoms with Gasteiger partial charge in [-0.25, -0.2) is 18.1 Å². The molecule has 1 N–H and O–H groups in total. The zero-order valence-electron chi connectivity index (χ0n) is 10.5. The Labute approximate surface area is 119 Å². The van der Waals surface area contributed by atoms with Gasteiger partial charge in [0.1, 0.15) is 0 Å². The smallest absolute Gasteiger partial charge is 0.275 e. The summed E-state index contributed by atoms with van der Waals surface area (Å²) < 4.78 is 31.8. The molecule has 0 bridgehead atoms. The van der Waals surface area contributed by atoms with Crippen LogP contribution in [-0.2, 0) is 10.0 Å². The second-order valence-corrected chi connectivity index (χ2v) is 7.67. The molecule has 2 rings (SSSR count). The summed E-state index contributed by atoms with van der Waals surface area (Å²) >= 11 is 6.60. The Morgan fingerprint density at radius 1 is 1.47 bits per heavy atom. The molecule has 0 aliphatic carbocycles. The fourth-order valence-corrected chi connectivity index (χ4v) is 4.10. The molecule has 0 aromatic carbocycles. The molecule has 0 saturated heterocycles. The molecule has 2 aromatic rings. The van der Waals surface area contributed by atoms with Crippen molar-refractivity contribution in [3.8, 4) is 0 Å². The second-order valence-electron chi connectivity index (χ2n) is 4.22. The Balaban J connectivity index is 2.28. The maximum atomic E-state index is 12.1. The zero-order chi connectivity index (χ0) is 14.2. The van der Waals surface area contributed by atoms with Crippen molar-refractivity contribution in [2.24, 2.45) is 0 Å². The van der Waals surface area contributed by atoms with E-state index in [-0.39, 0.29) is 20.5 Å². The van der Waals surface area contributed by atoms with Crippen LogP contribution in [0.1, 0.15) is 31.2 Å². The third-order valence-electron chi connectivity index (χ3n) is 2.33. The van der Waals surface area contributed by atoms with Gasteiger partial charge in [-0.05, 0) is 12.8 Å². The number of aromatic nitrogens is 2. The van der Waals surface area contributed by atoms with E-state index in [1.807, 2.05) is 13.8 Å². The van der Waals surface area contributed by atoms with E-state index >= 15 is 0 Å². The first-order valence-electron chi connectivity index (χ1n) is 5.42. The molecular formula is C10H12ClN3O3S2. The van der Waals surface area contributed by atoms with E-state index in [4.69, 9.17) is 16.1 Å². The Hall–Kier alpha value is -1.12. The summed E-state index contributed by atoms with van der Waals surface area (Å²) in [6, 6.07) is 1.56. The van der Waals surface area contributed by atoms with E-state index < -0.39 is 10.0 Å². The van der Waals surface area contributed by atoms with Gasteiger partial charge in [0.05, 0.1) is 11.4 Å². The summed E-state index contributed by atoms with van der Waals surface area (Å²) in [5, 5.41) is 3.78. The van der Waals surface area contributed by atoms with Crippen molar-refractivity contribution in [1.82, 2.24) is 10.1 Å². The number of hydrogen-bond acceptors (Lipinski definition) is 6. The number of thiazole rings is 1. The Morgan fingerprint density at radius 3 is 2.63 bits per heavy atom. The summed E-state index contributed by atoms with van der Waals surface area (Å²) in [7, 11) is -3.75. The average Bonchev–Trinajstić information content (AvgIpc) is 2.85. The van der Waals surface area contributed by atoms with Gasteiger partial charge in [0.25, 0.3) is 10.0 Å². The lowest BCUT2D eigenvalue weighted by Gasteiger charge is -2.01. The fraction of sp³-hybridized carbons (Fsp3) is 0.400. The van der Waals surface area contributed by atoms with Gasteiger partial charge in [-0.3, -0.25) is 0 Å². The highest BCUT2D eigenvalue weighted by Gasteiger charge is 2.23. The first kappa shape index (κ1) is 14.3. The van der Waals surface area contributed by atoms with E-state index in [0.29, 0.717) is 11.4 Å². The van der Waals surface area contributed by atoms with E-state index in [2.05, 4.69) is 14.9 Å². The minimum atomic E-state index is -3.75. The second kappa shape index (κ2) is 5.10. The van der Waals surface area contributed by atoms with Gasteiger partial charge in [0, 0.05) is 6.07 Å².